The molecule has 21 heavy (non-hydrogen) atoms. The van der Waals surface area contributed by atoms with E-state index in [1.807, 2.05) is 25.1 Å². The van der Waals surface area contributed by atoms with Crippen molar-refractivity contribution in [2.75, 3.05) is 6.61 Å². The molecule has 0 aliphatic heterocycles. The van der Waals surface area contributed by atoms with Gasteiger partial charge in [0.05, 0.1) is 18.9 Å². The lowest BCUT2D eigenvalue weighted by Gasteiger charge is -2.16. The lowest BCUT2D eigenvalue weighted by atomic mass is 10.2. The maximum atomic E-state index is 6.02. The summed E-state index contributed by atoms with van der Waals surface area (Å²) in [6.45, 7) is 2.52. The molecule has 1 fully saturated rings. The molecular formula is C15H22N4O2. The molecule has 0 saturated heterocycles. The van der Waals surface area contributed by atoms with Crippen molar-refractivity contribution in [1.29, 1.82) is 0 Å². The molecule has 0 aromatic heterocycles. The van der Waals surface area contributed by atoms with Crippen LogP contribution in [0.15, 0.2) is 28.4 Å². The highest BCUT2D eigenvalue weighted by atomic mass is 16.5. The van der Waals surface area contributed by atoms with E-state index in [2.05, 4.69) is 10.2 Å². The lowest BCUT2D eigenvalue weighted by Crippen LogP contribution is -2.21. The Morgan fingerprint density at radius 3 is 2.71 bits per heavy atom. The van der Waals surface area contributed by atoms with Crippen molar-refractivity contribution in [3.05, 3.63) is 23.8 Å². The highest BCUT2D eigenvalue weighted by Crippen LogP contribution is 2.32. The van der Waals surface area contributed by atoms with Gasteiger partial charge in [-0.25, -0.2) is 0 Å². The Kier molecular flexibility index (Phi) is 5.43. The summed E-state index contributed by atoms with van der Waals surface area (Å²) in [6, 6.07) is 5.68. The highest BCUT2D eigenvalue weighted by molar-refractivity contribution is 5.82. The van der Waals surface area contributed by atoms with E-state index in [1.165, 1.54) is 12.8 Å². The number of guanidine groups is 1. The van der Waals surface area contributed by atoms with Crippen LogP contribution in [0.4, 0.5) is 0 Å². The zero-order chi connectivity index (χ0) is 15.1. The SMILES string of the molecule is CCOc1cc(C=NN=C(N)N)ccc1OC1CCCC1. The second-order valence-electron chi connectivity index (χ2n) is 4.93. The van der Waals surface area contributed by atoms with Crippen LogP contribution in [0, 0.1) is 0 Å². The van der Waals surface area contributed by atoms with E-state index in [-0.39, 0.29) is 5.96 Å². The van der Waals surface area contributed by atoms with Crippen LogP contribution in [0.2, 0.25) is 0 Å². The summed E-state index contributed by atoms with van der Waals surface area (Å²) in [4.78, 5) is 0. The summed E-state index contributed by atoms with van der Waals surface area (Å²) in [6.07, 6.45) is 6.56. The average Bonchev–Trinajstić information content (AvgIpc) is 2.94. The van der Waals surface area contributed by atoms with E-state index in [4.69, 9.17) is 20.9 Å². The van der Waals surface area contributed by atoms with E-state index in [9.17, 15) is 0 Å². The monoisotopic (exact) mass is 290 g/mol. The van der Waals surface area contributed by atoms with E-state index < -0.39 is 0 Å². The topological polar surface area (TPSA) is 95.2 Å². The quantitative estimate of drug-likeness (QED) is 0.476. The summed E-state index contributed by atoms with van der Waals surface area (Å²) in [5, 5.41) is 7.36. The highest BCUT2D eigenvalue weighted by Gasteiger charge is 2.18. The third-order valence-corrected chi connectivity index (χ3v) is 3.24. The molecule has 2 rings (SSSR count). The van der Waals surface area contributed by atoms with E-state index in [0.29, 0.717) is 12.7 Å². The van der Waals surface area contributed by atoms with E-state index >= 15 is 0 Å². The van der Waals surface area contributed by atoms with Gasteiger partial charge in [0.15, 0.2) is 11.5 Å². The van der Waals surface area contributed by atoms with E-state index in [0.717, 1.165) is 29.9 Å². The fourth-order valence-electron chi connectivity index (χ4n) is 2.32. The molecule has 6 heteroatoms. The summed E-state index contributed by atoms with van der Waals surface area (Å²) < 4.78 is 11.7. The molecule has 0 bridgehead atoms. The molecule has 1 saturated carbocycles. The molecule has 1 aliphatic rings. The maximum absolute atomic E-state index is 6.02. The molecular weight excluding hydrogens is 268 g/mol. The van der Waals surface area contributed by atoms with Gasteiger partial charge in [-0.1, -0.05) is 0 Å². The van der Waals surface area contributed by atoms with Gasteiger partial charge in [-0.2, -0.15) is 5.10 Å². The molecule has 0 spiro atoms. The van der Waals surface area contributed by atoms with E-state index in [1.54, 1.807) is 6.21 Å². The first-order valence-electron chi connectivity index (χ1n) is 7.24. The molecule has 1 aromatic carbocycles. The van der Waals surface area contributed by atoms with Crippen LogP contribution in [0.5, 0.6) is 11.5 Å². The molecule has 4 N–H and O–H groups in total. The predicted octanol–water partition coefficient (Wildman–Crippen LogP) is 2.01. The van der Waals surface area contributed by atoms with Crippen molar-refractivity contribution in [3.63, 3.8) is 0 Å². The second-order valence-corrected chi connectivity index (χ2v) is 4.93. The van der Waals surface area contributed by atoms with Crippen molar-refractivity contribution in [2.24, 2.45) is 21.7 Å². The number of nitrogens with zero attached hydrogens (tertiary/aromatic N) is 2. The second kappa shape index (κ2) is 7.52. The Balaban J connectivity index is 2.13. The van der Waals surface area contributed by atoms with Gasteiger partial charge >= 0.3 is 0 Å². The number of rotatable bonds is 6. The first-order chi connectivity index (χ1) is 10.2. The van der Waals surface area contributed by atoms with Crippen LogP contribution in [-0.2, 0) is 0 Å². The third-order valence-electron chi connectivity index (χ3n) is 3.24. The number of nitrogens with two attached hydrogens (primary N) is 2. The fourth-order valence-corrected chi connectivity index (χ4v) is 2.32. The smallest absolute Gasteiger partial charge is 0.211 e. The predicted molar refractivity (Wildman–Crippen MR) is 83.9 cm³/mol. The Bertz CT molecular complexity index is 518. The number of hydrogen-bond donors (Lipinski definition) is 2. The number of hydrogen-bond acceptors (Lipinski definition) is 4. The zero-order valence-electron chi connectivity index (χ0n) is 12.3. The van der Waals surface area contributed by atoms with Gasteiger partial charge in [0.1, 0.15) is 0 Å². The molecule has 6 nitrogen and oxygen atoms in total. The molecule has 0 unspecified atom stereocenters. The minimum atomic E-state index is -0.0718. The van der Waals surface area contributed by atoms with Crippen LogP contribution in [0.3, 0.4) is 0 Å². The minimum absolute atomic E-state index is 0.0718. The molecule has 0 heterocycles. The van der Waals surface area contributed by atoms with Gasteiger partial charge in [0.2, 0.25) is 5.96 Å². The first kappa shape index (κ1) is 15.2. The molecule has 114 valence electrons. The van der Waals surface area contributed by atoms with Crippen LogP contribution in [0.25, 0.3) is 0 Å². The van der Waals surface area contributed by atoms with Crippen LogP contribution < -0.4 is 20.9 Å². The Hall–Kier alpha value is -2.24. The standard InChI is InChI=1S/C15H22N4O2/c1-2-20-14-9-11(10-18-19-15(16)17)7-8-13(14)21-12-5-3-4-6-12/h7-10,12H,2-6H2,1H3,(H4,16,17,19). The Morgan fingerprint density at radius 2 is 2.05 bits per heavy atom. The molecule has 1 aliphatic carbocycles. The zero-order valence-corrected chi connectivity index (χ0v) is 12.3. The molecule has 0 atom stereocenters. The van der Waals surface area contributed by atoms with Gasteiger partial charge in [-0.15, -0.1) is 5.10 Å². The minimum Gasteiger partial charge on any atom is -0.490 e. The van der Waals surface area contributed by atoms with Crippen molar-refractivity contribution < 1.29 is 9.47 Å². The van der Waals surface area contributed by atoms with Gasteiger partial charge in [-0.3, -0.25) is 0 Å². The number of benzene rings is 1. The van der Waals surface area contributed by atoms with Gasteiger partial charge < -0.3 is 20.9 Å². The summed E-state index contributed by atoms with van der Waals surface area (Å²) >= 11 is 0. The van der Waals surface area contributed by atoms with Crippen LogP contribution >= 0.6 is 0 Å². The van der Waals surface area contributed by atoms with Crippen molar-refractivity contribution in [3.8, 4) is 11.5 Å². The largest absolute Gasteiger partial charge is 0.490 e. The Labute approximate surface area is 124 Å². The average molecular weight is 290 g/mol. The summed E-state index contributed by atoms with van der Waals surface area (Å²) in [7, 11) is 0. The molecule has 0 amide bonds. The van der Waals surface area contributed by atoms with Crippen molar-refractivity contribution in [1.82, 2.24) is 0 Å². The van der Waals surface area contributed by atoms with Crippen molar-refractivity contribution >= 4 is 12.2 Å². The molecule has 0 radical (unpaired) electrons. The summed E-state index contributed by atoms with van der Waals surface area (Å²) in [5.41, 5.74) is 11.3. The first-order valence-corrected chi connectivity index (χ1v) is 7.24. The normalized spacial score (nSPS) is 15.3. The third kappa shape index (κ3) is 4.66. The maximum Gasteiger partial charge on any atom is 0.211 e. The van der Waals surface area contributed by atoms with Gasteiger partial charge in [0.25, 0.3) is 0 Å². The summed E-state index contributed by atoms with van der Waals surface area (Å²) in [5.74, 6) is 1.43. The Morgan fingerprint density at radius 1 is 1.29 bits per heavy atom. The lowest BCUT2D eigenvalue weighted by molar-refractivity contribution is 0.197. The fraction of sp³-hybridized carbons (Fsp3) is 0.467. The van der Waals surface area contributed by atoms with Crippen LogP contribution in [-0.4, -0.2) is 24.9 Å². The molecule has 1 aromatic rings. The van der Waals surface area contributed by atoms with Crippen molar-refractivity contribution in [2.45, 2.75) is 38.7 Å². The van der Waals surface area contributed by atoms with Gasteiger partial charge in [0, 0.05) is 0 Å². The number of ether oxygens (including phenoxy) is 2. The van der Waals surface area contributed by atoms with Gasteiger partial charge in [-0.05, 0) is 56.4 Å². The van der Waals surface area contributed by atoms with Crippen LogP contribution in [0.1, 0.15) is 38.2 Å².